The minimum atomic E-state index is -4.59. The quantitative estimate of drug-likeness (QED) is 0.480. The molecule has 0 saturated carbocycles. The Morgan fingerprint density at radius 1 is 1.30 bits per heavy atom. The Kier molecular flexibility index (Phi) is 5.32. The second-order valence-electron chi connectivity index (χ2n) is 4.52. The van der Waals surface area contributed by atoms with E-state index in [1.54, 1.807) is 0 Å². The van der Waals surface area contributed by atoms with Gasteiger partial charge in [0, 0.05) is 25.2 Å². The van der Waals surface area contributed by atoms with Crippen LogP contribution in [0.2, 0.25) is 0 Å². The number of nitrogens with zero attached hydrogens (tertiary/aromatic N) is 1. The lowest BCUT2D eigenvalue weighted by atomic mass is 10.1. The lowest BCUT2D eigenvalue weighted by Gasteiger charge is -2.12. The summed E-state index contributed by atoms with van der Waals surface area (Å²) in [6.45, 7) is 4.82. The summed E-state index contributed by atoms with van der Waals surface area (Å²) in [6, 6.07) is 2.71. The third-order valence-electron chi connectivity index (χ3n) is 2.51. The molecule has 0 aliphatic heterocycles. The molecule has 1 aromatic rings. The van der Waals surface area contributed by atoms with E-state index in [2.05, 4.69) is 10.6 Å². The van der Waals surface area contributed by atoms with E-state index < -0.39 is 22.4 Å². The van der Waals surface area contributed by atoms with Crippen molar-refractivity contribution in [1.29, 1.82) is 0 Å². The molecule has 0 heterocycles. The SMILES string of the molecule is CC(C)NCCNc1ccc(C(F)(F)F)cc1[N+](=O)[O-]. The molecular formula is C12H16F3N3O2. The van der Waals surface area contributed by atoms with Crippen LogP contribution in [0.1, 0.15) is 19.4 Å². The molecule has 0 aliphatic carbocycles. The molecule has 0 radical (unpaired) electrons. The summed E-state index contributed by atoms with van der Waals surface area (Å²) in [7, 11) is 0. The molecule has 2 N–H and O–H groups in total. The maximum absolute atomic E-state index is 12.5. The van der Waals surface area contributed by atoms with Gasteiger partial charge in [-0.1, -0.05) is 13.8 Å². The molecule has 5 nitrogen and oxygen atoms in total. The number of anilines is 1. The average Bonchev–Trinajstić information content (AvgIpc) is 2.33. The molecule has 0 bridgehead atoms. The van der Waals surface area contributed by atoms with Crippen LogP contribution < -0.4 is 10.6 Å². The molecule has 112 valence electrons. The minimum absolute atomic E-state index is 0.0774. The van der Waals surface area contributed by atoms with Crippen LogP contribution >= 0.6 is 0 Å². The molecule has 20 heavy (non-hydrogen) atoms. The first-order chi connectivity index (χ1) is 9.21. The predicted octanol–water partition coefficient (Wildman–Crippen LogP) is 3.02. The summed E-state index contributed by atoms with van der Waals surface area (Å²) in [6.07, 6.45) is -4.59. The van der Waals surface area contributed by atoms with Crippen molar-refractivity contribution in [3.8, 4) is 0 Å². The Hall–Kier alpha value is -1.83. The number of benzene rings is 1. The van der Waals surface area contributed by atoms with E-state index >= 15 is 0 Å². The van der Waals surface area contributed by atoms with E-state index in [0.29, 0.717) is 19.2 Å². The number of nitro benzene ring substituents is 1. The third kappa shape index (κ3) is 4.69. The van der Waals surface area contributed by atoms with Gasteiger partial charge in [0.05, 0.1) is 10.5 Å². The number of hydrogen-bond donors (Lipinski definition) is 2. The van der Waals surface area contributed by atoms with Crippen LogP contribution in [-0.4, -0.2) is 24.1 Å². The van der Waals surface area contributed by atoms with Gasteiger partial charge in [0.15, 0.2) is 0 Å². The second kappa shape index (κ2) is 6.56. The molecule has 1 aromatic carbocycles. The van der Waals surface area contributed by atoms with Crippen LogP contribution in [0.3, 0.4) is 0 Å². The minimum Gasteiger partial charge on any atom is -0.378 e. The second-order valence-corrected chi connectivity index (χ2v) is 4.52. The molecule has 0 spiro atoms. The highest BCUT2D eigenvalue weighted by atomic mass is 19.4. The summed E-state index contributed by atoms with van der Waals surface area (Å²) in [4.78, 5) is 10.00. The summed E-state index contributed by atoms with van der Waals surface area (Å²) >= 11 is 0. The lowest BCUT2D eigenvalue weighted by molar-refractivity contribution is -0.384. The highest BCUT2D eigenvalue weighted by Crippen LogP contribution is 2.34. The van der Waals surface area contributed by atoms with Gasteiger partial charge in [-0.25, -0.2) is 0 Å². The first-order valence-corrected chi connectivity index (χ1v) is 6.04. The van der Waals surface area contributed by atoms with Crippen LogP contribution in [0.15, 0.2) is 18.2 Å². The van der Waals surface area contributed by atoms with Crippen LogP contribution in [0, 0.1) is 10.1 Å². The normalized spacial score (nSPS) is 11.7. The van der Waals surface area contributed by atoms with E-state index in [0.717, 1.165) is 12.1 Å². The number of halogens is 3. The zero-order chi connectivity index (χ0) is 15.3. The van der Waals surface area contributed by atoms with Crippen LogP contribution in [0.5, 0.6) is 0 Å². The summed E-state index contributed by atoms with van der Waals surface area (Å²) in [5.74, 6) is 0. The van der Waals surface area contributed by atoms with E-state index in [1.165, 1.54) is 0 Å². The highest BCUT2D eigenvalue weighted by molar-refractivity contribution is 5.62. The number of alkyl halides is 3. The number of nitro groups is 1. The van der Waals surface area contributed by atoms with Crippen molar-refractivity contribution in [2.24, 2.45) is 0 Å². The van der Waals surface area contributed by atoms with Gasteiger partial charge in [-0.2, -0.15) is 13.2 Å². The summed E-state index contributed by atoms with van der Waals surface area (Å²) < 4.78 is 37.5. The van der Waals surface area contributed by atoms with Crippen molar-refractivity contribution < 1.29 is 18.1 Å². The third-order valence-corrected chi connectivity index (χ3v) is 2.51. The first-order valence-electron chi connectivity index (χ1n) is 6.04. The van der Waals surface area contributed by atoms with Crippen molar-refractivity contribution in [3.63, 3.8) is 0 Å². The molecule has 0 unspecified atom stereocenters. The largest absolute Gasteiger partial charge is 0.416 e. The van der Waals surface area contributed by atoms with Gasteiger partial charge in [-0.3, -0.25) is 10.1 Å². The summed E-state index contributed by atoms with van der Waals surface area (Å²) in [5, 5.41) is 16.7. The smallest absolute Gasteiger partial charge is 0.378 e. The molecular weight excluding hydrogens is 275 g/mol. The van der Waals surface area contributed by atoms with E-state index in [4.69, 9.17) is 0 Å². The topological polar surface area (TPSA) is 67.2 Å². The van der Waals surface area contributed by atoms with Crippen LogP contribution in [-0.2, 0) is 6.18 Å². The average molecular weight is 291 g/mol. The fourth-order valence-corrected chi connectivity index (χ4v) is 1.57. The monoisotopic (exact) mass is 291 g/mol. The Morgan fingerprint density at radius 3 is 2.45 bits per heavy atom. The maximum Gasteiger partial charge on any atom is 0.416 e. The van der Waals surface area contributed by atoms with E-state index in [1.807, 2.05) is 13.8 Å². The van der Waals surface area contributed by atoms with Crippen molar-refractivity contribution in [2.75, 3.05) is 18.4 Å². The van der Waals surface area contributed by atoms with Gasteiger partial charge in [0.1, 0.15) is 5.69 Å². The molecule has 1 rings (SSSR count). The zero-order valence-electron chi connectivity index (χ0n) is 11.1. The van der Waals surface area contributed by atoms with Crippen molar-refractivity contribution in [3.05, 3.63) is 33.9 Å². The highest BCUT2D eigenvalue weighted by Gasteiger charge is 2.32. The Morgan fingerprint density at radius 2 is 1.95 bits per heavy atom. The number of hydrogen-bond acceptors (Lipinski definition) is 4. The molecule has 8 heteroatoms. The molecule has 0 amide bonds. The number of nitrogens with one attached hydrogen (secondary N) is 2. The Bertz CT molecular complexity index is 476. The lowest BCUT2D eigenvalue weighted by Crippen LogP contribution is -2.28. The van der Waals surface area contributed by atoms with Gasteiger partial charge in [0.2, 0.25) is 0 Å². The summed E-state index contributed by atoms with van der Waals surface area (Å²) in [5.41, 5.74) is -1.53. The van der Waals surface area contributed by atoms with Gasteiger partial charge >= 0.3 is 6.18 Å². The van der Waals surface area contributed by atoms with Gasteiger partial charge in [0.25, 0.3) is 5.69 Å². The Labute approximate surface area is 114 Å². The van der Waals surface area contributed by atoms with Crippen LogP contribution in [0.25, 0.3) is 0 Å². The van der Waals surface area contributed by atoms with Gasteiger partial charge in [-0.15, -0.1) is 0 Å². The zero-order valence-corrected chi connectivity index (χ0v) is 11.1. The molecule has 0 aliphatic rings. The van der Waals surface area contributed by atoms with Crippen LogP contribution in [0.4, 0.5) is 24.5 Å². The molecule has 0 saturated heterocycles. The fraction of sp³-hybridized carbons (Fsp3) is 0.500. The standard InChI is InChI=1S/C12H16F3N3O2/c1-8(2)16-5-6-17-10-4-3-9(12(13,14)15)7-11(10)18(19)20/h3-4,7-8,16-17H,5-6H2,1-2H3. The van der Waals surface area contributed by atoms with Gasteiger partial charge < -0.3 is 10.6 Å². The van der Waals surface area contributed by atoms with Crippen molar-refractivity contribution >= 4 is 11.4 Å². The van der Waals surface area contributed by atoms with Crippen molar-refractivity contribution in [1.82, 2.24) is 5.32 Å². The van der Waals surface area contributed by atoms with E-state index in [9.17, 15) is 23.3 Å². The Balaban J connectivity index is 2.83. The molecule has 0 fully saturated rings. The van der Waals surface area contributed by atoms with E-state index in [-0.39, 0.29) is 11.7 Å². The molecule has 0 aromatic heterocycles. The fourth-order valence-electron chi connectivity index (χ4n) is 1.57. The first kappa shape index (κ1) is 16.2. The number of rotatable bonds is 6. The maximum atomic E-state index is 12.5. The predicted molar refractivity (Wildman–Crippen MR) is 69.7 cm³/mol. The van der Waals surface area contributed by atoms with Crippen molar-refractivity contribution in [2.45, 2.75) is 26.1 Å². The van der Waals surface area contributed by atoms with Gasteiger partial charge in [-0.05, 0) is 12.1 Å². The molecule has 0 atom stereocenters.